The molecule has 1 aliphatic rings. The van der Waals surface area contributed by atoms with Crippen molar-refractivity contribution in [1.29, 1.82) is 0 Å². The highest BCUT2D eigenvalue weighted by atomic mass is 79.9. The van der Waals surface area contributed by atoms with Crippen LogP contribution in [0.25, 0.3) is 0 Å². The molecular formula is C11H14BrClN2O2S. The predicted molar refractivity (Wildman–Crippen MR) is 74.1 cm³/mol. The van der Waals surface area contributed by atoms with Crippen LogP contribution in [0.4, 0.5) is 0 Å². The molecule has 100 valence electrons. The zero-order valence-electron chi connectivity index (χ0n) is 9.70. The summed E-state index contributed by atoms with van der Waals surface area (Å²) >= 11 is 8.99. The molecule has 0 unspecified atom stereocenters. The minimum Gasteiger partial charge on any atom is -0.242 e. The molecule has 0 atom stereocenters. The van der Waals surface area contributed by atoms with E-state index >= 15 is 0 Å². The van der Waals surface area contributed by atoms with Gasteiger partial charge in [-0.15, -0.1) is 0 Å². The number of nitrogens with one attached hydrogen (secondary N) is 1. The molecule has 1 aromatic heterocycles. The van der Waals surface area contributed by atoms with Crippen LogP contribution < -0.4 is 4.72 Å². The SMILES string of the molecule is O=S(=O)(NCCCC1CC1)c1cc(Br)cnc1Cl. The van der Waals surface area contributed by atoms with E-state index in [-0.39, 0.29) is 10.0 Å². The molecule has 1 aromatic rings. The van der Waals surface area contributed by atoms with Gasteiger partial charge in [0.15, 0.2) is 0 Å². The van der Waals surface area contributed by atoms with Gasteiger partial charge in [-0.05, 0) is 40.8 Å². The second kappa shape index (κ2) is 5.86. The van der Waals surface area contributed by atoms with Gasteiger partial charge in [0, 0.05) is 17.2 Å². The molecule has 0 spiro atoms. The topological polar surface area (TPSA) is 59.1 Å². The average molecular weight is 354 g/mol. The molecular weight excluding hydrogens is 340 g/mol. The lowest BCUT2D eigenvalue weighted by Gasteiger charge is -2.08. The van der Waals surface area contributed by atoms with Gasteiger partial charge in [-0.1, -0.05) is 24.4 Å². The first-order chi connectivity index (χ1) is 8.49. The molecule has 1 aliphatic carbocycles. The van der Waals surface area contributed by atoms with Crippen LogP contribution in [0.1, 0.15) is 25.7 Å². The summed E-state index contributed by atoms with van der Waals surface area (Å²) in [5.41, 5.74) is 0. The minimum atomic E-state index is -3.57. The second-order valence-electron chi connectivity index (χ2n) is 4.43. The number of nitrogens with zero attached hydrogens (tertiary/aromatic N) is 1. The average Bonchev–Trinajstić information content (AvgIpc) is 3.12. The summed E-state index contributed by atoms with van der Waals surface area (Å²) in [7, 11) is -3.57. The lowest BCUT2D eigenvalue weighted by molar-refractivity contribution is 0.572. The summed E-state index contributed by atoms with van der Waals surface area (Å²) in [6, 6.07) is 1.46. The van der Waals surface area contributed by atoms with Crippen molar-refractivity contribution in [2.24, 2.45) is 5.92 Å². The van der Waals surface area contributed by atoms with E-state index in [2.05, 4.69) is 25.6 Å². The van der Waals surface area contributed by atoms with Crippen LogP contribution >= 0.6 is 27.5 Å². The van der Waals surface area contributed by atoms with Gasteiger partial charge in [0.1, 0.15) is 10.0 Å². The van der Waals surface area contributed by atoms with E-state index in [4.69, 9.17) is 11.6 Å². The third-order valence-electron chi connectivity index (χ3n) is 2.84. The van der Waals surface area contributed by atoms with Gasteiger partial charge in [-0.3, -0.25) is 0 Å². The normalized spacial score (nSPS) is 15.9. The predicted octanol–water partition coefficient (Wildman–Crippen LogP) is 2.97. The van der Waals surface area contributed by atoms with Gasteiger partial charge in [0.25, 0.3) is 0 Å². The summed E-state index contributed by atoms with van der Waals surface area (Å²) in [6.45, 7) is 0.446. The lowest BCUT2D eigenvalue weighted by atomic mass is 10.2. The van der Waals surface area contributed by atoms with Gasteiger partial charge in [-0.2, -0.15) is 0 Å². The summed E-state index contributed by atoms with van der Waals surface area (Å²) in [6.07, 6.45) is 5.99. The first-order valence-electron chi connectivity index (χ1n) is 5.80. The van der Waals surface area contributed by atoms with E-state index in [9.17, 15) is 8.42 Å². The Labute approximate surface area is 120 Å². The zero-order chi connectivity index (χ0) is 13.2. The highest BCUT2D eigenvalue weighted by molar-refractivity contribution is 9.10. The third-order valence-corrected chi connectivity index (χ3v) is 5.16. The number of rotatable bonds is 6. The molecule has 1 N–H and O–H groups in total. The Morgan fingerprint density at radius 1 is 1.50 bits per heavy atom. The molecule has 4 nitrogen and oxygen atoms in total. The van der Waals surface area contributed by atoms with Crippen LogP contribution in [0.15, 0.2) is 21.6 Å². The van der Waals surface area contributed by atoms with E-state index in [1.807, 2.05) is 0 Å². The highest BCUT2D eigenvalue weighted by Crippen LogP contribution is 2.33. The zero-order valence-corrected chi connectivity index (χ0v) is 12.9. The van der Waals surface area contributed by atoms with Crippen molar-refractivity contribution >= 4 is 37.6 Å². The van der Waals surface area contributed by atoms with Crippen molar-refractivity contribution in [3.05, 3.63) is 21.9 Å². The molecule has 1 fully saturated rings. The largest absolute Gasteiger partial charge is 0.243 e. The van der Waals surface area contributed by atoms with Crippen molar-refractivity contribution in [3.8, 4) is 0 Å². The number of hydrogen-bond acceptors (Lipinski definition) is 3. The second-order valence-corrected chi connectivity index (χ2v) is 7.43. The number of halogens is 2. The molecule has 0 aromatic carbocycles. The summed E-state index contributed by atoms with van der Waals surface area (Å²) in [5, 5.41) is -0.00658. The van der Waals surface area contributed by atoms with E-state index in [0.29, 0.717) is 11.0 Å². The Hall–Kier alpha value is -0.170. The maximum absolute atomic E-state index is 12.0. The first kappa shape index (κ1) is 14.2. The standard InChI is InChI=1S/C11H14BrClN2O2S/c12-9-6-10(11(13)14-7-9)18(16,17)15-5-1-2-8-3-4-8/h6-8,15H,1-5H2. The Morgan fingerprint density at radius 2 is 2.22 bits per heavy atom. The monoisotopic (exact) mass is 352 g/mol. The molecule has 0 aliphatic heterocycles. The van der Waals surface area contributed by atoms with Crippen molar-refractivity contribution in [3.63, 3.8) is 0 Å². The van der Waals surface area contributed by atoms with E-state index < -0.39 is 10.0 Å². The smallest absolute Gasteiger partial charge is 0.242 e. The van der Waals surface area contributed by atoms with Crippen molar-refractivity contribution < 1.29 is 8.42 Å². The molecule has 0 saturated heterocycles. The van der Waals surface area contributed by atoms with E-state index in [1.54, 1.807) is 0 Å². The van der Waals surface area contributed by atoms with Crippen LogP contribution in [0.2, 0.25) is 5.15 Å². The fourth-order valence-electron chi connectivity index (χ4n) is 1.67. The molecule has 2 rings (SSSR count). The molecule has 0 bridgehead atoms. The number of aromatic nitrogens is 1. The van der Waals surface area contributed by atoms with Crippen molar-refractivity contribution in [2.45, 2.75) is 30.6 Å². The first-order valence-corrected chi connectivity index (χ1v) is 8.45. The molecule has 0 radical (unpaired) electrons. The number of hydrogen-bond donors (Lipinski definition) is 1. The Balaban J connectivity index is 1.97. The fraction of sp³-hybridized carbons (Fsp3) is 0.545. The Kier molecular flexibility index (Phi) is 4.64. The van der Waals surface area contributed by atoms with Crippen molar-refractivity contribution in [1.82, 2.24) is 9.71 Å². The van der Waals surface area contributed by atoms with Crippen LogP contribution in [0, 0.1) is 5.92 Å². The fourth-order valence-corrected chi connectivity index (χ4v) is 3.69. The van der Waals surface area contributed by atoms with Crippen LogP contribution in [-0.4, -0.2) is 19.9 Å². The number of pyridine rings is 1. The molecule has 1 saturated carbocycles. The van der Waals surface area contributed by atoms with E-state index in [1.165, 1.54) is 25.1 Å². The maximum atomic E-state index is 12.0. The highest BCUT2D eigenvalue weighted by Gasteiger charge is 2.22. The third kappa shape index (κ3) is 3.91. The van der Waals surface area contributed by atoms with Gasteiger partial charge in [0.2, 0.25) is 10.0 Å². The van der Waals surface area contributed by atoms with E-state index in [0.717, 1.165) is 18.8 Å². The summed E-state index contributed by atoms with van der Waals surface area (Å²) in [5.74, 6) is 0.811. The molecule has 7 heteroatoms. The molecule has 0 amide bonds. The molecule has 18 heavy (non-hydrogen) atoms. The van der Waals surface area contributed by atoms with Gasteiger partial charge in [0.05, 0.1) is 0 Å². The quantitative estimate of drug-likeness (QED) is 0.632. The van der Waals surface area contributed by atoms with Gasteiger partial charge in [-0.25, -0.2) is 18.1 Å². The Morgan fingerprint density at radius 3 is 2.89 bits per heavy atom. The van der Waals surface area contributed by atoms with Crippen LogP contribution in [0.5, 0.6) is 0 Å². The minimum absolute atomic E-state index is 0.00658. The number of sulfonamides is 1. The lowest BCUT2D eigenvalue weighted by Crippen LogP contribution is -2.25. The maximum Gasteiger partial charge on any atom is 0.243 e. The summed E-state index contributed by atoms with van der Waals surface area (Å²) < 4.78 is 27.2. The Bertz CT molecular complexity index is 532. The van der Waals surface area contributed by atoms with Crippen LogP contribution in [-0.2, 0) is 10.0 Å². The van der Waals surface area contributed by atoms with Crippen LogP contribution in [0.3, 0.4) is 0 Å². The van der Waals surface area contributed by atoms with Gasteiger partial charge >= 0.3 is 0 Å². The summed E-state index contributed by atoms with van der Waals surface area (Å²) in [4.78, 5) is 3.83. The van der Waals surface area contributed by atoms with Gasteiger partial charge < -0.3 is 0 Å². The van der Waals surface area contributed by atoms with Crippen molar-refractivity contribution in [2.75, 3.05) is 6.54 Å². The molecule has 1 heterocycles.